The fourth-order valence-corrected chi connectivity index (χ4v) is 1.64. The molecule has 2 nitrogen and oxygen atoms in total. The van der Waals surface area contributed by atoms with Crippen molar-refractivity contribution in [3.8, 4) is 0 Å². The molecule has 0 bridgehead atoms. The zero-order valence-corrected chi connectivity index (χ0v) is 8.01. The van der Waals surface area contributed by atoms with Gasteiger partial charge in [-0.05, 0) is 18.3 Å². The molecule has 0 aromatic carbocycles. The molecule has 0 heterocycles. The Hall–Kier alpha value is -0.660. The average molecular weight is 170 g/mol. The van der Waals surface area contributed by atoms with E-state index in [1.54, 1.807) is 0 Å². The molecule has 70 valence electrons. The molecule has 0 atom stereocenters. The number of hydrogen-bond donors (Lipinski definition) is 0. The quantitative estimate of drug-likeness (QED) is 0.550. The average Bonchev–Trinajstić information content (AvgIpc) is 2.06. The first-order chi connectivity index (χ1) is 5.74. The number of carbonyl (C=O) groups excluding carboxylic acids is 2. The summed E-state index contributed by atoms with van der Waals surface area (Å²) >= 11 is 0. The van der Waals surface area contributed by atoms with Crippen molar-refractivity contribution in [2.75, 3.05) is 0 Å². The highest BCUT2D eigenvalue weighted by molar-refractivity contribution is 5.55. The van der Waals surface area contributed by atoms with E-state index in [4.69, 9.17) is 0 Å². The van der Waals surface area contributed by atoms with E-state index in [9.17, 15) is 9.59 Å². The standard InChI is InChI=1S/C10H18O2/c1-3-5-10(4-2,6-8-11)7-9-12/h8-9H,3-7H2,1-2H3. The minimum Gasteiger partial charge on any atom is -0.303 e. The van der Waals surface area contributed by atoms with Gasteiger partial charge in [-0.15, -0.1) is 0 Å². The van der Waals surface area contributed by atoms with Gasteiger partial charge in [-0.25, -0.2) is 0 Å². The fourth-order valence-electron chi connectivity index (χ4n) is 1.64. The Morgan fingerprint density at radius 1 is 1.08 bits per heavy atom. The van der Waals surface area contributed by atoms with E-state index >= 15 is 0 Å². The molecule has 0 amide bonds. The summed E-state index contributed by atoms with van der Waals surface area (Å²) in [5.41, 5.74) is -0.0434. The molecule has 0 spiro atoms. The van der Waals surface area contributed by atoms with Crippen LogP contribution in [0.5, 0.6) is 0 Å². The number of carbonyl (C=O) groups is 2. The third-order valence-corrected chi connectivity index (χ3v) is 2.56. The summed E-state index contributed by atoms with van der Waals surface area (Å²) in [4.78, 5) is 20.8. The van der Waals surface area contributed by atoms with Crippen molar-refractivity contribution in [3.63, 3.8) is 0 Å². The molecule has 0 aliphatic heterocycles. The molecule has 0 aromatic rings. The second-order valence-electron chi connectivity index (χ2n) is 3.35. The lowest BCUT2D eigenvalue weighted by molar-refractivity contribution is -0.113. The molecule has 0 rings (SSSR count). The van der Waals surface area contributed by atoms with Crippen LogP contribution in [0.25, 0.3) is 0 Å². The Kier molecular flexibility index (Phi) is 5.60. The smallest absolute Gasteiger partial charge is 0.120 e. The highest BCUT2D eigenvalue weighted by Gasteiger charge is 2.25. The van der Waals surface area contributed by atoms with Gasteiger partial charge in [-0.1, -0.05) is 20.3 Å². The van der Waals surface area contributed by atoms with Crippen molar-refractivity contribution in [2.45, 2.75) is 46.0 Å². The number of aldehydes is 2. The molecule has 0 saturated carbocycles. The topological polar surface area (TPSA) is 34.1 Å². The SMILES string of the molecule is CCCC(CC)(CC=O)CC=O. The molecule has 0 unspecified atom stereocenters. The van der Waals surface area contributed by atoms with Crippen LogP contribution in [0.4, 0.5) is 0 Å². The minimum absolute atomic E-state index is 0.0434. The number of rotatable bonds is 7. The molecule has 0 saturated heterocycles. The summed E-state index contributed by atoms with van der Waals surface area (Å²) in [5, 5.41) is 0. The van der Waals surface area contributed by atoms with Gasteiger partial charge in [0, 0.05) is 12.8 Å². The monoisotopic (exact) mass is 170 g/mol. The predicted octanol–water partition coefficient (Wildman–Crippen LogP) is 2.36. The molecule has 0 aliphatic rings. The number of hydrogen-bond acceptors (Lipinski definition) is 2. The van der Waals surface area contributed by atoms with Gasteiger partial charge in [-0.3, -0.25) is 0 Å². The second-order valence-corrected chi connectivity index (χ2v) is 3.35. The normalized spacial score (nSPS) is 11.2. The molecule has 0 aromatic heterocycles. The molecule has 0 N–H and O–H groups in total. The molecule has 12 heavy (non-hydrogen) atoms. The summed E-state index contributed by atoms with van der Waals surface area (Å²) in [5.74, 6) is 0. The summed E-state index contributed by atoms with van der Waals surface area (Å²) < 4.78 is 0. The van der Waals surface area contributed by atoms with Crippen molar-refractivity contribution in [3.05, 3.63) is 0 Å². The van der Waals surface area contributed by atoms with Crippen molar-refractivity contribution in [1.82, 2.24) is 0 Å². The van der Waals surface area contributed by atoms with Gasteiger partial charge in [0.1, 0.15) is 12.6 Å². The van der Waals surface area contributed by atoms with Gasteiger partial charge in [0.2, 0.25) is 0 Å². The maximum absolute atomic E-state index is 10.4. The maximum atomic E-state index is 10.4. The highest BCUT2D eigenvalue weighted by atomic mass is 16.1. The lowest BCUT2D eigenvalue weighted by atomic mass is 9.76. The van der Waals surface area contributed by atoms with Crippen LogP contribution in [0.3, 0.4) is 0 Å². The Balaban J connectivity index is 4.25. The lowest BCUT2D eigenvalue weighted by Crippen LogP contribution is -2.20. The highest BCUT2D eigenvalue weighted by Crippen LogP contribution is 2.34. The van der Waals surface area contributed by atoms with Crippen molar-refractivity contribution in [1.29, 1.82) is 0 Å². The van der Waals surface area contributed by atoms with Gasteiger partial charge in [0.15, 0.2) is 0 Å². The van der Waals surface area contributed by atoms with E-state index in [-0.39, 0.29) is 5.41 Å². The first kappa shape index (κ1) is 11.3. The van der Waals surface area contributed by atoms with E-state index in [0.717, 1.165) is 31.8 Å². The molecular weight excluding hydrogens is 152 g/mol. The van der Waals surface area contributed by atoms with E-state index in [1.807, 2.05) is 6.92 Å². The van der Waals surface area contributed by atoms with Crippen LogP contribution in [-0.4, -0.2) is 12.6 Å². The van der Waals surface area contributed by atoms with E-state index < -0.39 is 0 Å². The largest absolute Gasteiger partial charge is 0.303 e. The van der Waals surface area contributed by atoms with Gasteiger partial charge >= 0.3 is 0 Å². The third kappa shape index (κ3) is 3.16. The van der Waals surface area contributed by atoms with Crippen LogP contribution in [0.2, 0.25) is 0 Å². The summed E-state index contributed by atoms with van der Waals surface area (Å²) in [7, 11) is 0. The van der Waals surface area contributed by atoms with Gasteiger partial charge in [-0.2, -0.15) is 0 Å². The first-order valence-corrected chi connectivity index (χ1v) is 4.62. The van der Waals surface area contributed by atoms with Crippen LogP contribution in [-0.2, 0) is 9.59 Å². The second kappa shape index (κ2) is 5.92. The van der Waals surface area contributed by atoms with Crippen LogP contribution in [0.15, 0.2) is 0 Å². The summed E-state index contributed by atoms with van der Waals surface area (Å²) in [6.45, 7) is 4.13. The molecule has 0 radical (unpaired) electrons. The summed E-state index contributed by atoms with van der Waals surface area (Å²) in [6, 6.07) is 0. The predicted molar refractivity (Wildman–Crippen MR) is 49.0 cm³/mol. The van der Waals surface area contributed by atoms with Crippen molar-refractivity contribution < 1.29 is 9.59 Å². The Morgan fingerprint density at radius 3 is 1.83 bits per heavy atom. The van der Waals surface area contributed by atoms with Gasteiger partial charge in [0.05, 0.1) is 0 Å². The molecule has 0 fully saturated rings. The fraction of sp³-hybridized carbons (Fsp3) is 0.800. The Bertz CT molecular complexity index is 131. The lowest BCUT2D eigenvalue weighted by Gasteiger charge is -2.28. The molecule has 2 heteroatoms. The van der Waals surface area contributed by atoms with Crippen LogP contribution >= 0.6 is 0 Å². The van der Waals surface area contributed by atoms with Crippen LogP contribution in [0.1, 0.15) is 46.0 Å². The zero-order valence-electron chi connectivity index (χ0n) is 8.01. The van der Waals surface area contributed by atoms with Crippen LogP contribution in [0, 0.1) is 5.41 Å². The maximum Gasteiger partial charge on any atom is 0.120 e. The first-order valence-electron chi connectivity index (χ1n) is 4.62. The van der Waals surface area contributed by atoms with Crippen LogP contribution < -0.4 is 0 Å². The molecule has 0 aliphatic carbocycles. The zero-order chi connectivity index (χ0) is 9.45. The minimum atomic E-state index is -0.0434. The summed E-state index contributed by atoms with van der Waals surface area (Å²) in [6.07, 6.45) is 5.84. The Labute approximate surface area is 74.3 Å². The third-order valence-electron chi connectivity index (χ3n) is 2.56. The van der Waals surface area contributed by atoms with Crippen molar-refractivity contribution in [2.24, 2.45) is 5.41 Å². The Morgan fingerprint density at radius 2 is 1.58 bits per heavy atom. The van der Waals surface area contributed by atoms with E-state index in [0.29, 0.717) is 12.8 Å². The molecular formula is C10H18O2. The van der Waals surface area contributed by atoms with Crippen molar-refractivity contribution >= 4 is 12.6 Å². The van der Waals surface area contributed by atoms with Gasteiger partial charge < -0.3 is 9.59 Å². The van der Waals surface area contributed by atoms with E-state index in [2.05, 4.69) is 6.92 Å². The van der Waals surface area contributed by atoms with Gasteiger partial charge in [0.25, 0.3) is 0 Å². The van der Waals surface area contributed by atoms with E-state index in [1.165, 1.54) is 0 Å².